The van der Waals surface area contributed by atoms with Crippen LogP contribution in [0.3, 0.4) is 0 Å². The molecule has 1 atom stereocenters. The van der Waals surface area contributed by atoms with E-state index >= 15 is 0 Å². The topological polar surface area (TPSA) is 43.8 Å². The standard InChI is InChI=1S/C15H21N3/c1-12-4-3-5-13(10-12)14(11-16)6-7-15-17-8-9-18(15)2/h3-5,8-10,14H,6-7,11,16H2,1-2H3. The second-order valence-electron chi connectivity index (χ2n) is 4.84. The Morgan fingerprint density at radius 3 is 2.83 bits per heavy atom. The fourth-order valence-corrected chi connectivity index (χ4v) is 2.29. The highest BCUT2D eigenvalue weighted by Crippen LogP contribution is 2.21. The molecular formula is C15H21N3. The lowest BCUT2D eigenvalue weighted by Crippen LogP contribution is -2.14. The fourth-order valence-electron chi connectivity index (χ4n) is 2.29. The fraction of sp³-hybridized carbons (Fsp3) is 0.400. The molecule has 0 spiro atoms. The van der Waals surface area contributed by atoms with Crippen LogP contribution in [-0.2, 0) is 13.5 Å². The molecule has 3 nitrogen and oxygen atoms in total. The summed E-state index contributed by atoms with van der Waals surface area (Å²) in [5.41, 5.74) is 8.54. The molecular weight excluding hydrogens is 222 g/mol. The summed E-state index contributed by atoms with van der Waals surface area (Å²) in [5, 5.41) is 0. The summed E-state index contributed by atoms with van der Waals surface area (Å²) >= 11 is 0. The number of benzene rings is 1. The number of aromatic nitrogens is 2. The van der Waals surface area contributed by atoms with Gasteiger partial charge in [-0.2, -0.15) is 0 Å². The molecule has 0 radical (unpaired) electrons. The van der Waals surface area contributed by atoms with Crippen molar-refractivity contribution in [2.75, 3.05) is 6.54 Å². The Morgan fingerprint density at radius 1 is 1.39 bits per heavy atom. The molecule has 0 aliphatic heterocycles. The Balaban J connectivity index is 2.04. The minimum atomic E-state index is 0.418. The maximum atomic E-state index is 5.91. The number of nitrogens with two attached hydrogens (primary N) is 1. The maximum Gasteiger partial charge on any atom is 0.108 e. The molecule has 3 heteroatoms. The van der Waals surface area contributed by atoms with Crippen LogP contribution >= 0.6 is 0 Å². The minimum absolute atomic E-state index is 0.418. The van der Waals surface area contributed by atoms with Crippen LogP contribution in [0.5, 0.6) is 0 Å². The first-order chi connectivity index (χ1) is 8.70. The van der Waals surface area contributed by atoms with Crippen molar-refractivity contribution >= 4 is 0 Å². The predicted molar refractivity (Wildman–Crippen MR) is 74.5 cm³/mol. The zero-order valence-electron chi connectivity index (χ0n) is 11.1. The van der Waals surface area contributed by atoms with E-state index in [-0.39, 0.29) is 0 Å². The average molecular weight is 243 g/mol. The van der Waals surface area contributed by atoms with Crippen LogP contribution < -0.4 is 5.73 Å². The molecule has 0 fully saturated rings. The van der Waals surface area contributed by atoms with Crippen LogP contribution in [0.15, 0.2) is 36.7 Å². The van der Waals surface area contributed by atoms with E-state index in [1.165, 1.54) is 11.1 Å². The molecule has 0 saturated carbocycles. The molecule has 0 aliphatic rings. The third kappa shape index (κ3) is 2.99. The summed E-state index contributed by atoms with van der Waals surface area (Å²) < 4.78 is 2.07. The van der Waals surface area contributed by atoms with Gasteiger partial charge in [-0.25, -0.2) is 4.98 Å². The van der Waals surface area contributed by atoms with Gasteiger partial charge in [-0.05, 0) is 31.4 Å². The van der Waals surface area contributed by atoms with Crippen molar-refractivity contribution in [1.29, 1.82) is 0 Å². The summed E-state index contributed by atoms with van der Waals surface area (Å²) in [6.07, 6.45) is 5.85. The number of hydrogen-bond acceptors (Lipinski definition) is 2. The quantitative estimate of drug-likeness (QED) is 0.876. The number of rotatable bonds is 5. The van der Waals surface area contributed by atoms with E-state index in [0.29, 0.717) is 12.5 Å². The minimum Gasteiger partial charge on any atom is -0.338 e. The molecule has 2 N–H and O–H groups in total. The highest BCUT2D eigenvalue weighted by atomic mass is 15.0. The van der Waals surface area contributed by atoms with Crippen molar-refractivity contribution in [1.82, 2.24) is 9.55 Å². The zero-order chi connectivity index (χ0) is 13.0. The lowest BCUT2D eigenvalue weighted by atomic mass is 9.93. The number of imidazole rings is 1. The highest BCUT2D eigenvalue weighted by molar-refractivity contribution is 5.25. The summed E-state index contributed by atoms with van der Waals surface area (Å²) in [7, 11) is 2.03. The predicted octanol–water partition coefficient (Wildman–Crippen LogP) is 2.40. The third-order valence-corrected chi connectivity index (χ3v) is 3.44. The second kappa shape index (κ2) is 5.83. The Bertz CT molecular complexity index is 502. The third-order valence-electron chi connectivity index (χ3n) is 3.44. The monoisotopic (exact) mass is 243 g/mol. The molecule has 96 valence electrons. The smallest absolute Gasteiger partial charge is 0.108 e. The molecule has 0 aliphatic carbocycles. The molecule has 2 aromatic rings. The number of hydrogen-bond donors (Lipinski definition) is 1. The van der Waals surface area contributed by atoms with E-state index in [1.54, 1.807) is 0 Å². The van der Waals surface area contributed by atoms with Gasteiger partial charge in [0.1, 0.15) is 5.82 Å². The zero-order valence-corrected chi connectivity index (χ0v) is 11.1. The maximum absolute atomic E-state index is 5.91. The first-order valence-electron chi connectivity index (χ1n) is 6.43. The van der Waals surface area contributed by atoms with E-state index in [4.69, 9.17) is 5.73 Å². The molecule has 1 unspecified atom stereocenters. The largest absolute Gasteiger partial charge is 0.338 e. The van der Waals surface area contributed by atoms with Gasteiger partial charge < -0.3 is 10.3 Å². The van der Waals surface area contributed by atoms with Crippen LogP contribution in [0, 0.1) is 6.92 Å². The number of aryl methyl sites for hydroxylation is 3. The average Bonchev–Trinajstić information content (AvgIpc) is 2.76. The van der Waals surface area contributed by atoms with Gasteiger partial charge in [-0.1, -0.05) is 29.8 Å². The first-order valence-corrected chi connectivity index (χ1v) is 6.43. The molecule has 1 aromatic heterocycles. The summed E-state index contributed by atoms with van der Waals surface area (Å²) in [5.74, 6) is 1.54. The SMILES string of the molecule is Cc1cccc(C(CN)CCc2nccn2C)c1. The van der Waals surface area contributed by atoms with Crippen molar-refractivity contribution in [2.24, 2.45) is 12.8 Å². The van der Waals surface area contributed by atoms with Crippen LogP contribution in [0.2, 0.25) is 0 Å². The van der Waals surface area contributed by atoms with Crippen LogP contribution in [0.4, 0.5) is 0 Å². The molecule has 1 aromatic carbocycles. The Kier molecular flexibility index (Phi) is 4.15. The Labute approximate surface area is 109 Å². The van der Waals surface area contributed by atoms with Crippen LogP contribution in [0.25, 0.3) is 0 Å². The van der Waals surface area contributed by atoms with E-state index in [2.05, 4.69) is 40.7 Å². The summed E-state index contributed by atoms with van der Waals surface area (Å²) in [6.45, 7) is 2.81. The van der Waals surface area contributed by atoms with E-state index in [0.717, 1.165) is 18.7 Å². The summed E-state index contributed by atoms with van der Waals surface area (Å²) in [6, 6.07) is 8.63. The first kappa shape index (κ1) is 12.8. The van der Waals surface area contributed by atoms with Gasteiger partial charge >= 0.3 is 0 Å². The van der Waals surface area contributed by atoms with Crippen LogP contribution in [-0.4, -0.2) is 16.1 Å². The normalized spacial score (nSPS) is 12.6. The number of nitrogens with zero attached hydrogens (tertiary/aromatic N) is 2. The molecule has 2 rings (SSSR count). The van der Waals surface area contributed by atoms with Gasteiger partial charge in [0.2, 0.25) is 0 Å². The molecule has 1 heterocycles. The highest BCUT2D eigenvalue weighted by Gasteiger charge is 2.11. The Morgan fingerprint density at radius 2 is 2.22 bits per heavy atom. The van der Waals surface area contributed by atoms with E-state index in [1.807, 2.05) is 19.4 Å². The van der Waals surface area contributed by atoms with Gasteiger partial charge in [0, 0.05) is 25.9 Å². The van der Waals surface area contributed by atoms with Gasteiger partial charge in [0.25, 0.3) is 0 Å². The van der Waals surface area contributed by atoms with E-state index in [9.17, 15) is 0 Å². The molecule has 0 saturated heterocycles. The lowest BCUT2D eigenvalue weighted by Gasteiger charge is -2.15. The van der Waals surface area contributed by atoms with Gasteiger partial charge in [0.15, 0.2) is 0 Å². The van der Waals surface area contributed by atoms with E-state index < -0.39 is 0 Å². The second-order valence-corrected chi connectivity index (χ2v) is 4.84. The van der Waals surface area contributed by atoms with Crippen molar-refractivity contribution in [3.05, 3.63) is 53.6 Å². The van der Waals surface area contributed by atoms with Crippen molar-refractivity contribution in [2.45, 2.75) is 25.7 Å². The van der Waals surface area contributed by atoms with Crippen molar-refractivity contribution in [3.63, 3.8) is 0 Å². The Hall–Kier alpha value is -1.61. The molecule has 0 amide bonds. The molecule has 0 bridgehead atoms. The van der Waals surface area contributed by atoms with Crippen molar-refractivity contribution in [3.8, 4) is 0 Å². The lowest BCUT2D eigenvalue weighted by molar-refractivity contribution is 0.608. The molecule has 18 heavy (non-hydrogen) atoms. The van der Waals surface area contributed by atoms with Gasteiger partial charge in [-0.15, -0.1) is 0 Å². The summed E-state index contributed by atoms with van der Waals surface area (Å²) in [4.78, 5) is 4.36. The van der Waals surface area contributed by atoms with Gasteiger partial charge in [0.05, 0.1) is 0 Å². The van der Waals surface area contributed by atoms with Crippen LogP contribution in [0.1, 0.15) is 29.3 Å². The van der Waals surface area contributed by atoms with Crippen molar-refractivity contribution < 1.29 is 0 Å². The van der Waals surface area contributed by atoms with Gasteiger partial charge in [-0.3, -0.25) is 0 Å².